The molecule has 1 rings (SSSR count). The Morgan fingerprint density at radius 1 is 1.53 bits per heavy atom. The van der Waals surface area contributed by atoms with Gasteiger partial charge in [-0.1, -0.05) is 0 Å². The average molecular weight is 237 g/mol. The summed E-state index contributed by atoms with van der Waals surface area (Å²) in [5.41, 5.74) is 10.3. The first-order valence-corrected chi connectivity index (χ1v) is 6.16. The van der Waals surface area contributed by atoms with Crippen molar-refractivity contribution in [2.24, 2.45) is 11.5 Å². The van der Waals surface area contributed by atoms with Crippen LogP contribution in [0.15, 0.2) is 0 Å². The molecule has 0 spiro atoms. The molecule has 1 heterocycles. The predicted molar refractivity (Wildman–Crippen MR) is 53.3 cm³/mol. The highest BCUT2D eigenvalue weighted by molar-refractivity contribution is 7.89. The zero-order valence-corrected chi connectivity index (χ0v) is 9.07. The summed E-state index contributed by atoms with van der Waals surface area (Å²) in [6, 6.07) is -0.907. The maximum absolute atomic E-state index is 11.7. The molecule has 7 nitrogen and oxygen atoms in total. The van der Waals surface area contributed by atoms with Gasteiger partial charge < -0.3 is 16.2 Å². The molecule has 4 N–H and O–H groups in total. The lowest BCUT2D eigenvalue weighted by molar-refractivity contribution is -0.125. The van der Waals surface area contributed by atoms with Crippen LogP contribution in [0.3, 0.4) is 0 Å². The number of amides is 1. The zero-order valence-electron chi connectivity index (χ0n) is 8.26. The number of carbonyl (C=O) groups is 1. The van der Waals surface area contributed by atoms with E-state index in [9.17, 15) is 13.2 Å². The number of hydrogen-bond donors (Lipinski definition) is 2. The molecule has 0 aromatic heterocycles. The highest BCUT2D eigenvalue weighted by Gasteiger charge is 2.35. The van der Waals surface area contributed by atoms with E-state index >= 15 is 0 Å². The minimum absolute atomic E-state index is 0.0130. The Morgan fingerprint density at radius 2 is 2.20 bits per heavy atom. The van der Waals surface area contributed by atoms with Crippen molar-refractivity contribution in [1.29, 1.82) is 0 Å². The summed E-state index contributed by atoms with van der Waals surface area (Å²) in [5, 5.41) is 0. The molecule has 0 bridgehead atoms. The van der Waals surface area contributed by atoms with Crippen LogP contribution in [0.2, 0.25) is 0 Å². The molecule has 0 aliphatic carbocycles. The Hall–Kier alpha value is -0.700. The molecule has 1 aliphatic rings. The third-order valence-electron chi connectivity index (χ3n) is 2.14. The number of sulfonamides is 1. The molecule has 1 saturated heterocycles. The van der Waals surface area contributed by atoms with Gasteiger partial charge >= 0.3 is 0 Å². The molecule has 1 atom stereocenters. The summed E-state index contributed by atoms with van der Waals surface area (Å²) in [6.07, 6.45) is 0. The van der Waals surface area contributed by atoms with Gasteiger partial charge in [-0.15, -0.1) is 0 Å². The Bertz CT molecular complexity index is 329. The number of hydrogen-bond acceptors (Lipinski definition) is 5. The molecule has 0 aromatic rings. The summed E-state index contributed by atoms with van der Waals surface area (Å²) in [7, 11) is -3.50. The fourth-order valence-electron chi connectivity index (χ4n) is 1.41. The molecule has 0 radical (unpaired) electrons. The molecule has 0 saturated carbocycles. The van der Waals surface area contributed by atoms with Gasteiger partial charge in [-0.25, -0.2) is 8.42 Å². The summed E-state index contributed by atoms with van der Waals surface area (Å²) in [4.78, 5) is 11.0. The first kappa shape index (κ1) is 12.4. The van der Waals surface area contributed by atoms with Crippen molar-refractivity contribution >= 4 is 15.9 Å². The number of carbonyl (C=O) groups excluding carboxylic acids is 1. The quantitative estimate of drug-likeness (QED) is 0.559. The van der Waals surface area contributed by atoms with Gasteiger partial charge in [0.25, 0.3) is 0 Å². The molecule has 1 amide bonds. The first-order valence-electron chi connectivity index (χ1n) is 4.55. The molecule has 1 fully saturated rings. The van der Waals surface area contributed by atoms with E-state index in [2.05, 4.69) is 0 Å². The lowest BCUT2D eigenvalue weighted by atomic mass is 10.3. The third kappa shape index (κ3) is 2.88. The second-order valence-corrected chi connectivity index (χ2v) is 5.25. The van der Waals surface area contributed by atoms with Crippen molar-refractivity contribution in [3.63, 3.8) is 0 Å². The van der Waals surface area contributed by atoms with Crippen LogP contribution in [0.5, 0.6) is 0 Å². The van der Waals surface area contributed by atoms with E-state index in [0.29, 0.717) is 0 Å². The van der Waals surface area contributed by atoms with Gasteiger partial charge in [0.2, 0.25) is 15.9 Å². The molecular weight excluding hydrogens is 222 g/mol. The maximum Gasteiger partial charge on any atom is 0.238 e. The van der Waals surface area contributed by atoms with E-state index in [1.807, 2.05) is 0 Å². The largest absolute Gasteiger partial charge is 0.378 e. The van der Waals surface area contributed by atoms with Crippen LogP contribution in [0.4, 0.5) is 0 Å². The van der Waals surface area contributed by atoms with E-state index in [1.165, 1.54) is 0 Å². The summed E-state index contributed by atoms with van der Waals surface area (Å²) < 4.78 is 29.4. The Morgan fingerprint density at radius 3 is 2.73 bits per heavy atom. The normalized spacial score (nSPS) is 23.9. The number of rotatable bonds is 4. The smallest absolute Gasteiger partial charge is 0.238 e. The Balaban J connectivity index is 2.85. The monoisotopic (exact) mass is 237 g/mol. The Labute approximate surface area is 88.4 Å². The van der Waals surface area contributed by atoms with Gasteiger partial charge in [0.15, 0.2) is 0 Å². The number of primary amides is 1. The molecular formula is C7H15N3O4S. The fourth-order valence-corrected chi connectivity index (χ4v) is 2.85. The van der Waals surface area contributed by atoms with Crippen molar-refractivity contribution in [1.82, 2.24) is 4.31 Å². The van der Waals surface area contributed by atoms with Gasteiger partial charge in [-0.2, -0.15) is 4.31 Å². The second kappa shape index (κ2) is 4.88. The fraction of sp³-hybridized carbons (Fsp3) is 0.857. The molecule has 15 heavy (non-hydrogen) atoms. The highest BCUT2D eigenvalue weighted by atomic mass is 32.2. The molecule has 1 aliphatic heterocycles. The van der Waals surface area contributed by atoms with Crippen molar-refractivity contribution in [2.45, 2.75) is 6.04 Å². The molecule has 8 heteroatoms. The summed E-state index contributed by atoms with van der Waals surface area (Å²) in [6.45, 7) is 0.452. The molecule has 1 unspecified atom stereocenters. The summed E-state index contributed by atoms with van der Waals surface area (Å²) >= 11 is 0. The standard InChI is InChI=1S/C7H15N3O4S/c8-1-4-15(12,13)10-2-3-14-5-6(10)7(9)11/h6H,1-5,8H2,(H2,9,11). The third-order valence-corrected chi connectivity index (χ3v) is 4.04. The van der Waals surface area contributed by atoms with Crippen LogP contribution in [-0.4, -0.2) is 56.7 Å². The van der Waals surface area contributed by atoms with Crippen LogP contribution in [0.1, 0.15) is 0 Å². The second-order valence-electron chi connectivity index (χ2n) is 3.21. The lowest BCUT2D eigenvalue weighted by Gasteiger charge is -2.32. The maximum atomic E-state index is 11.7. The number of nitrogens with two attached hydrogens (primary N) is 2. The SMILES string of the molecule is NCCS(=O)(=O)N1CCOCC1C(N)=O. The van der Waals surface area contributed by atoms with Gasteiger partial charge in [0.05, 0.1) is 19.0 Å². The van der Waals surface area contributed by atoms with Crippen LogP contribution in [0, 0.1) is 0 Å². The van der Waals surface area contributed by atoms with Crippen molar-refractivity contribution in [2.75, 3.05) is 32.1 Å². The molecule has 88 valence electrons. The number of morpholine rings is 1. The van der Waals surface area contributed by atoms with Gasteiger partial charge in [-0.05, 0) is 0 Å². The highest BCUT2D eigenvalue weighted by Crippen LogP contribution is 2.12. The topological polar surface area (TPSA) is 116 Å². The van der Waals surface area contributed by atoms with E-state index < -0.39 is 22.0 Å². The van der Waals surface area contributed by atoms with Gasteiger partial charge in [0, 0.05) is 13.1 Å². The summed E-state index contributed by atoms with van der Waals surface area (Å²) in [5.74, 6) is -0.883. The number of ether oxygens (including phenoxy) is 1. The van der Waals surface area contributed by atoms with E-state index in [4.69, 9.17) is 16.2 Å². The van der Waals surface area contributed by atoms with Gasteiger partial charge in [-0.3, -0.25) is 4.79 Å². The minimum Gasteiger partial charge on any atom is -0.378 e. The average Bonchev–Trinajstić information content (AvgIpc) is 2.17. The van der Waals surface area contributed by atoms with Crippen molar-refractivity contribution < 1.29 is 17.9 Å². The van der Waals surface area contributed by atoms with Gasteiger partial charge in [0.1, 0.15) is 6.04 Å². The Kier molecular flexibility index (Phi) is 4.03. The zero-order chi connectivity index (χ0) is 11.5. The first-order chi connectivity index (χ1) is 6.99. The molecule has 0 aromatic carbocycles. The predicted octanol–water partition coefficient (Wildman–Crippen LogP) is -2.54. The van der Waals surface area contributed by atoms with Crippen LogP contribution >= 0.6 is 0 Å². The van der Waals surface area contributed by atoms with E-state index in [1.54, 1.807) is 0 Å². The van der Waals surface area contributed by atoms with Crippen LogP contribution in [-0.2, 0) is 19.6 Å². The van der Waals surface area contributed by atoms with E-state index in [0.717, 1.165) is 4.31 Å². The van der Waals surface area contributed by atoms with Crippen molar-refractivity contribution in [3.05, 3.63) is 0 Å². The van der Waals surface area contributed by atoms with E-state index in [-0.39, 0.29) is 32.1 Å². The van der Waals surface area contributed by atoms with Crippen LogP contribution < -0.4 is 11.5 Å². The van der Waals surface area contributed by atoms with Crippen molar-refractivity contribution in [3.8, 4) is 0 Å². The van der Waals surface area contributed by atoms with Crippen LogP contribution in [0.25, 0.3) is 0 Å². The lowest BCUT2D eigenvalue weighted by Crippen LogP contribution is -2.55. The number of nitrogens with zero attached hydrogens (tertiary/aromatic N) is 1. The minimum atomic E-state index is -3.50.